The van der Waals surface area contributed by atoms with Gasteiger partial charge in [-0.05, 0) is 75.4 Å². The number of rotatable bonds is 8. The molecule has 1 aliphatic heterocycles. The Hall–Kier alpha value is -3.26. The Labute approximate surface area is 212 Å². The van der Waals surface area contributed by atoms with Crippen LogP contribution in [-0.4, -0.2) is 70.4 Å². The van der Waals surface area contributed by atoms with Crippen LogP contribution < -0.4 is 5.32 Å². The van der Waals surface area contributed by atoms with Crippen LogP contribution >= 0.6 is 0 Å². The second kappa shape index (κ2) is 10.8. The van der Waals surface area contributed by atoms with Gasteiger partial charge in [0.15, 0.2) is 0 Å². The number of benzene rings is 1. The molecule has 1 saturated heterocycles. The standard InChI is InChI=1S/C28H36FN5O2/c1-18(2)32(5)28(36)24-13-23(29)6-7-25(24)34-16-19(3)27-22(14-30-15-26(27)34)12-21-8-10-33(17-21)11-9-31-20(4)35/h6-7,13-16,18,21H,8-12,17H2,1-5H3,(H,31,35). The van der Waals surface area contributed by atoms with Crippen molar-refractivity contribution < 1.29 is 14.0 Å². The van der Waals surface area contributed by atoms with Crippen molar-refractivity contribution in [1.82, 2.24) is 24.7 Å². The van der Waals surface area contributed by atoms with Crippen molar-refractivity contribution in [2.45, 2.75) is 46.6 Å². The molecule has 2 aromatic heterocycles. The summed E-state index contributed by atoms with van der Waals surface area (Å²) in [5, 5.41) is 4.01. The molecule has 1 unspecified atom stereocenters. The van der Waals surface area contributed by atoms with Crippen LogP contribution in [0, 0.1) is 18.7 Å². The number of hydrogen-bond acceptors (Lipinski definition) is 4. The Bertz CT molecular complexity index is 1270. The maximum atomic E-state index is 14.2. The van der Waals surface area contributed by atoms with Crippen molar-refractivity contribution in [3.63, 3.8) is 0 Å². The van der Waals surface area contributed by atoms with Crippen LogP contribution in [0.4, 0.5) is 4.39 Å². The van der Waals surface area contributed by atoms with E-state index in [1.165, 1.54) is 17.7 Å². The zero-order chi connectivity index (χ0) is 26.0. The van der Waals surface area contributed by atoms with Crippen LogP contribution in [0.15, 0.2) is 36.8 Å². The molecule has 0 radical (unpaired) electrons. The van der Waals surface area contributed by atoms with E-state index in [1.54, 1.807) is 24.9 Å². The number of likely N-dealkylation sites (tertiary alicyclic amines) is 1. The summed E-state index contributed by atoms with van der Waals surface area (Å²) < 4.78 is 16.2. The van der Waals surface area contributed by atoms with Gasteiger partial charge in [0.25, 0.3) is 5.91 Å². The number of amides is 2. The van der Waals surface area contributed by atoms with Crippen LogP contribution in [0.25, 0.3) is 16.6 Å². The maximum Gasteiger partial charge on any atom is 0.256 e. The van der Waals surface area contributed by atoms with Gasteiger partial charge in [0.2, 0.25) is 5.91 Å². The lowest BCUT2D eigenvalue weighted by Gasteiger charge is -2.23. The van der Waals surface area contributed by atoms with Gasteiger partial charge in [0.05, 0.1) is 23.0 Å². The van der Waals surface area contributed by atoms with E-state index in [9.17, 15) is 14.0 Å². The monoisotopic (exact) mass is 493 g/mol. The fourth-order valence-corrected chi connectivity index (χ4v) is 5.11. The molecule has 1 N–H and O–H groups in total. The molecule has 192 valence electrons. The lowest BCUT2D eigenvalue weighted by atomic mass is 9.96. The first-order chi connectivity index (χ1) is 17.2. The summed E-state index contributed by atoms with van der Waals surface area (Å²) in [5.74, 6) is -0.130. The average molecular weight is 494 g/mol. The molecular formula is C28H36FN5O2. The number of halogens is 1. The summed E-state index contributed by atoms with van der Waals surface area (Å²) in [6, 6.07) is 4.39. The van der Waals surface area contributed by atoms with E-state index in [0.29, 0.717) is 23.7 Å². The van der Waals surface area contributed by atoms with E-state index in [2.05, 4.69) is 22.1 Å². The Kier molecular flexibility index (Phi) is 7.73. The van der Waals surface area contributed by atoms with Crippen LogP contribution in [0.3, 0.4) is 0 Å². The van der Waals surface area contributed by atoms with E-state index in [1.807, 2.05) is 37.0 Å². The first-order valence-electron chi connectivity index (χ1n) is 12.6. The Morgan fingerprint density at radius 3 is 2.78 bits per heavy atom. The number of hydrogen-bond donors (Lipinski definition) is 1. The topological polar surface area (TPSA) is 70.5 Å². The second-order valence-corrected chi connectivity index (χ2v) is 10.2. The average Bonchev–Trinajstić information content (AvgIpc) is 3.42. The zero-order valence-corrected chi connectivity index (χ0v) is 21.8. The maximum absolute atomic E-state index is 14.2. The number of fused-ring (bicyclic) bond motifs is 1. The van der Waals surface area contributed by atoms with E-state index in [4.69, 9.17) is 0 Å². The Balaban J connectivity index is 1.63. The largest absolute Gasteiger partial charge is 0.355 e. The normalized spacial score (nSPS) is 16.1. The minimum atomic E-state index is -0.435. The van der Waals surface area contributed by atoms with Crippen molar-refractivity contribution in [1.29, 1.82) is 0 Å². The molecule has 1 aliphatic rings. The third-order valence-electron chi connectivity index (χ3n) is 7.21. The van der Waals surface area contributed by atoms with Gasteiger partial charge >= 0.3 is 0 Å². The molecule has 0 bridgehead atoms. The summed E-state index contributed by atoms with van der Waals surface area (Å²) >= 11 is 0. The number of nitrogens with zero attached hydrogens (tertiary/aromatic N) is 4. The number of carbonyl (C=O) groups is 2. The molecule has 1 aromatic carbocycles. The first-order valence-corrected chi connectivity index (χ1v) is 12.6. The van der Waals surface area contributed by atoms with E-state index in [-0.39, 0.29) is 17.9 Å². The first kappa shape index (κ1) is 25.8. The van der Waals surface area contributed by atoms with Crippen molar-refractivity contribution >= 4 is 22.7 Å². The molecular weight excluding hydrogens is 457 g/mol. The lowest BCUT2D eigenvalue weighted by molar-refractivity contribution is -0.119. The molecule has 0 spiro atoms. The van der Waals surface area contributed by atoms with Gasteiger partial charge < -0.3 is 19.7 Å². The van der Waals surface area contributed by atoms with Gasteiger partial charge in [-0.1, -0.05) is 0 Å². The highest BCUT2D eigenvalue weighted by Gasteiger charge is 2.25. The summed E-state index contributed by atoms with van der Waals surface area (Å²) in [7, 11) is 1.74. The van der Waals surface area contributed by atoms with Crippen molar-refractivity contribution in [2.75, 3.05) is 33.2 Å². The SMILES string of the molecule is CC(=O)NCCN1CCC(Cc2cncc3c2c(C)cn3-c2ccc(F)cc2C(=O)N(C)C(C)C)C1. The fraction of sp³-hybridized carbons (Fsp3) is 0.464. The van der Waals surface area contributed by atoms with Crippen LogP contribution in [0.1, 0.15) is 48.7 Å². The highest BCUT2D eigenvalue weighted by Crippen LogP contribution is 2.31. The molecule has 7 nitrogen and oxygen atoms in total. The van der Waals surface area contributed by atoms with E-state index in [0.717, 1.165) is 48.9 Å². The molecule has 2 amide bonds. The number of aromatic nitrogens is 2. The number of nitrogens with one attached hydrogen (secondary N) is 1. The minimum Gasteiger partial charge on any atom is -0.355 e. The Morgan fingerprint density at radius 2 is 2.06 bits per heavy atom. The van der Waals surface area contributed by atoms with Gasteiger partial charge in [0, 0.05) is 57.4 Å². The van der Waals surface area contributed by atoms with Gasteiger partial charge in [-0.25, -0.2) is 4.39 Å². The molecule has 0 saturated carbocycles. The van der Waals surface area contributed by atoms with E-state index >= 15 is 0 Å². The minimum absolute atomic E-state index is 0.00495. The molecule has 3 aromatic rings. The smallest absolute Gasteiger partial charge is 0.256 e. The predicted molar refractivity (Wildman–Crippen MR) is 140 cm³/mol. The fourth-order valence-electron chi connectivity index (χ4n) is 5.11. The van der Waals surface area contributed by atoms with Gasteiger partial charge in [-0.3, -0.25) is 14.6 Å². The second-order valence-electron chi connectivity index (χ2n) is 10.2. The molecule has 3 heterocycles. The van der Waals surface area contributed by atoms with Crippen molar-refractivity contribution in [3.05, 3.63) is 59.3 Å². The van der Waals surface area contributed by atoms with Crippen LogP contribution in [0.2, 0.25) is 0 Å². The molecule has 36 heavy (non-hydrogen) atoms. The van der Waals surface area contributed by atoms with Gasteiger partial charge in [-0.2, -0.15) is 0 Å². The lowest BCUT2D eigenvalue weighted by Crippen LogP contribution is -2.33. The highest BCUT2D eigenvalue weighted by atomic mass is 19.1. The molecule has 4 rings (SSSR count). The van der Waals surface area contributed by atoms with Crippen molar-refractivity contribution in [2.24, 2.45) is 5.92 Å². The molecule has 1 fully saturated rings. The molecule has 8 heteroatoms. The summed E-state index contributed by atoms with van der Waals surface area (Å²) in [4.78, 5) is 32.9. The quantitative estimate of drug-likeness (QED) is 0.516. The van der Waals surface area contributed by atoms with Gasteiger partial charge in [-0.15, -0.1) is 0 Å². The number of carbonyl (C=O) groups excluding carboxylic acids is 2. The van der Waals surface area contributed by atoms with Crippen LogP contribution in [0.5, 0.6) is 0 Å². The summed E-state index contributed by atoms with van der Waals surface area (Å²) in [6.07, 6.45) is 7.81. The summed E-state index contributed by atoms with van der Waals surface area (Å²) in [6.45, 7) is 11.0. The number of aryl methyl sites for hydroxylation is 1. The zero-order valence-electron chi connectivity index (χ0n) is 21.8. The highest BCUT2D eigenvalue weighted by molar-refractivity contribution is 5.99. The van der Waals surface area contributed by atoms with Crippen LogP contribution in [-0.2, 0) is 11.2 Å². The van der Waals surface area contributed by atoms with Crippen molar-refractivity contribution in [3.8, 4) is 5.69 Å². The van der Waals surface area contributed by atoms with E-state index < -0.39 is 5.82 Å². The third-order valence-corrected chi connectivity index (χ3v) is 7.21. The molecule has 1 atom stereocenters. The third kappa shape index (κ3) is 5.43. The Morgan fingerprint density at radius 1 is 1.28 bits per heavy atom. The number of pyridine rings is 1. The van der Waals surface area contributed by atoms with Gasteiger partial charge in [0.1, 0.15) is 5.82 Å². The predicted octanol–water partition coefficient (Wildman–Crippen LogP) is 3.95. The summed E-state index contributed by atoms with van der Waals surface area (Å²) in [5.41, 5.74) is 4.18. The molecule has 0 aliphatic carbocycles.